The van der Waals surface area contributed by atoms with Crippen molar-refractivity contribution in [3.05, 3.63) is 47.3 Å². The molecule has 1 aromatic carbocycles. The van der Waals surface area contributed by atoms with Gasteiger partial charge in [0, 0.05) is 44.9 Å². The average Bonchev–Trinajstić information content (AvgIpc) is 3.40. The summed E-state index contributed by atoms with van der Waals surface area (Å²) in [5.74, 6) is -2.53. The molecule has 4 aliphatic heterocycles. The van der Waals surface area contributed by atoms with Gasteiger partial charge in [-0.25, -0.2) is 22.7 Å². The smallest absolute Gasteiger partial charge is 0.275 e. The first kappa shape index (κ1) is 30.9. The monoisotopic (exact) mass is 651 g/mol. The van der Waals surface area contributed by atoms with Gasteiger partial charge in [0.15, 0.2) is 17.2 Å². The number of imidazole rings is 1. The number of halogens is 3. The topological polar surface area (TPSA) is 93.1 Å². The fraction of sp³-hybridized carbons (Fsp3) is 0.618. The van der Waals surface area contributed by atoms with Crippen molar-refractivity contribution in [1.29, 1.82) is 0 Å². The van der Waals surface area contributed by atoms with Gasteiger partial charge in [-0.2, -0.15) is 0 Å². The third-order valence-corrected chi connectivity index (χ3v) is 11.4. The van der Waals surface area contributed by atoms with Gasteiger partial charge in [0.05, 0.1) is 30.5 Å². The summed E-state index contributed by atoms with van der Waals surface area (Å²) in [7, 11) is 1.79. The molecule has 0 bridgehead atoms. The summed E-state index contributed by atoms with van der Waals surface area (Å²) in [4.78, 5) is 23.4. The van der Waals surface area contributed by atoms with Gasteiger partial charge in [0.25, 0.3) is 11.8 Å². The molecule has 8 rings (SSSR count). The van der Waals surface area contributed by atoms with Crippen LogP contribution in [0.1, 0.15) is 60.1 Å². The molecule has 1 spiro atoms. The van der Waals surface area contributed by atoms with E-state index in [2.05, 4.69) is 36.8 Å². The van der Waals surface area contributed by atoms with E-state index in [9.17, 15) is 9.18 Å². The number of hydrogen-bond acceptors (Lipinski definition) is 8. The number of likely N-dealkylation sites (tertiary alicyclic amines) is 2. The minimum Gasteiger partial charge on any atom is -0.385 e. The summed E-state index contributed by atoms with van der Waals surface area (Å²) in [6.45, 7) is 5.22. The molecular weight excluding hydrogens is 607 g/mol. The molecule has 1 amide bonds. The first-order chi connectivity index (χ1) is 22.7. The Balaban J connectivity index is 0.973. The van der Waals surface area contributed by atoms with Crippen LogP contribution < -0.4 is 20.9 Å². The maximum atomic E-state index is 15.8. The largest absolute Gasteiger partial charge is 0.385 e. The molecule has 47 heavy (non-hydrogen) atoms. The van der Waals surface area contributed by atoms with Gasteiger partial charge in [0.2, 0.25) is 0 Å². The number of piperidine rings is 3. The fourth-order valence-electron chi connectivity index (χ4n) is 8.47. The molecule has 13 heteroatoms. The van der Waals surface area contributed by atoms with Crippen LogP contribution >= 0.6 is 0 Å². The van der Waals surface area contributed by atoms with Gasteiger partial charge in [-0.1, -0.05) is 12.1 Å². The molecule has 3 N–H and O–H groups in total. The molecule has 4 fully saturated rings. The van der Waals surface area contributed by atoms with Crippen LogP contribution in [0.5, 0.6) is 0 Å². The summed E-state index contributed by atoms with van der Waals surface area (Å²) < 4.78 is 46.5. The van der Waals surface area contributed by atoms with Crippen LogP contribution in [-0.4, -0.2) is 107 Å². The molecule has 0 unspecified atom stereocenters. The number of nitrogens with zero attached hydrogens (tertiary/aromatic N) is 6. The van der Waals surface area contributed by atoms with Crippen molar-refractivity contribution in [3.63, 3.8) is 0 Å². The van der Waals surface area contributed by atoms with E-state index in [1.807, 2.05) is 23.1 Å². The fourth-order valence-corrected chi connectivity index (χ4v) is 8.47. The lowest BCUT2D eigenvalue weighted by Crippen LogP contribution is -2.60. The molecule has 0 radical (unpaired) electrons. The van der Waals surface area contributed by atoms with Crippen LogP contribution in [0.4, 0.5) is 30.4 Å². The van der Waals surface area contributed by atoms with E-state index < -0.39 is 30.1 Å². The predicted molar refractivity (Wildman–Crippen MR) is 174 cm³/mol. The zero-order valence-electron chi connectivity index (χ0n) is 27.0. The van der Waals surface area contributed by atoms with Crippen molar-refractivity contribution in [2.75, 3.05) is 63.1 Å². The van der Waals surface area contributed by atoms with Gasteiger partial charge in [0.1, 0.15) is 6.17 Å². The average molecular weight is 652 g/mol. The van der Waals surface area contributed by atoms with Crippen LogP contribution in [0.3, 0.4) is 0 Å². The van der Waals surface area contributed by atoms with Crippen LogP contribution in [0.15, 0.2) is 30.5 Å². The second-order valence-corrected chi connectivity index (χ2v) is 14.3. The first-order valence-electron chi connectivity index (χ1n) is 17.2. The van der Waals surface area contributed by atoms with Crippen molar-refractivity contribution >= 4 is 28.7 Å². The third kappa shape index (κ3) is 5.73. The minimum atomic E-state index is -2.76. The van der Waals surface area contributed by atoms with Crippen LogP contribution in [0.2, 0.25) is 0 Å². The molecule has 1 aliphatic carbocycles. The highest BCUT2D eigenvalue weighted by Gasteiger charge is 2.49. The molecular formula is C34H44F3N9O. The molecule has 10 nitrogen and oxygen atoms in total. The van der Waals surface area contributed by atoms with Gasteiger partial charge in [-0.05, 0) is 87.3 Å². The van der Waals surface area contributed by atoms with Gasteiger partial charge >= 0.3 is 0 Å². The minimum absolute atomic E-state index is 0.226. The number of rotatable bonds is 7. The number of anilines is 3. The van der Waals surface area contributed by atoms with Crippen molar-refractivity contribution in [2.45, 2.75) is 75.7 Å². The molecule has 3 atom stereocenters. The number of carbonyl (C=O) groups is 1. The van der Waals surface area contributed by atoms with Gasteiger partial charge in [-0.3, -0.25) is 14.6 Å². The Morgan fingerprint density at radius 2 is 1.89 bits per heavy atom. The van der Waals surface area contributed by atoms with Gasteiger partial charge in [-0.15, -0.1) is 5.10 Å². The standard InChI is InChI=1S/C34H44F3N9O/c1-38-26-18-30(42-46-28(19-40-31(26)46)32(47)41-25-17-24(25)35)45-14-5-23-22(3-2-4-27(23)45)20-43-13-6-29(34(36,37)21-43)44-15-9-33(10-16-44)7-11-39-12-8-33/h2-4,18-19,24-25,29,38-39H,5-17,20-21H2,1H3,(H,41,47)/t24-,25+,29+/m0/s1. The number of hydrogen-bond donors (Lipinski definition) is 3. The molecule has 3 saturated heterocycles. The zero-order chi connectivity index (χ0) is 32.3. The summed E-state index contributed by atoms with van der Waals surface area (Å²) in [5.41, 5.74) is 4.99. The van der Waals surface area contributed by atoms with Crippen molar-refractivity contribution < 1.29 is 18.0 Å². The summed E-state index contributed by atoms with van der Waals surface area (Å²) in [5, 5.41) is 14.1. The molecule has 3 aromatic rings. The van der Waals surface area contributed by atoms with E-state index in [0.717, 1.165) is 62.3 Å². The summed E-state index contributed by atoms with van der Waals surface area (Å²) in [6, 6.07) is 6.83. The Kier molecular flexibility index (Phi) is 7.83. The predicted octanol–water partition coefficient (Wildman–Crippen LogP) is 3.98. The van der Waals surface area contributed by atoms with E-state index in [1.54, 1.807) is 7.05 Å². The molecule has 5 aliphatic rings. The summed E-state index contributed by atoms with van der Waals surface area (Å²) >= 11 is 0. The maximum absolute atomic E-state index is 15.8. The Morgan fingerprint density at radius 3 is 2.62 bits per heavy atom. The lowest BCUT2D eigenvalue weighted by Gasteiger charge is -2.50. The Hall–Kier alpha value is -3.42. The normalized spacial score (nSPS) is 27.2. The van der Waals surface area contributed by atoms with E-state index in [0.29, 0.717) is 55.0 Å². The number of amides is 1. The lowest BCUT2D eigenvalue weighted by atomic mass is 9.71. The highest BCUT2D eigenvalue weighted by atomic mass is 19.3. The van der Waals surface area contributed by atoms with E-state index in [4.69, 9.17) is 5.10 Å². The number of carbonyl (C=O) groups excluding carboxylic acids is 1. The third-order valence-electron chi connectivity index (χ3n) is 11.4. The number of alkyl halides is 3. The highest BCUT2D eigenvalue weighted by Crippen LogP contribution is 2.43. The molecule has 252 valence electrons. The Labute approximate surface area is 273 Å². The first-order valence-corrected chi connectivity index (χ1v) is 17.2. The van der Waals surface area contributed by atoms with E-state index in [1.165, 1.54) is 23.6 Å². The maximum Gasteiger partial charge on any atom is 0.275 e. The van der Waals surface area contributed by atoms with Gasteiger partial charge < -0.3 is 20.9 Å². The highest BCUT2D eigenvalue weighted by molar-refractivity contribution is 5.94. The number of fused-ring (bicyclic) bond motifs is 2. The number of benzene rings is 1. The zero-order valence-corrected chi connectivity index (χ0v) is 27.0. The summed E-state index contributed by atoms with van der Waals surface area (Å²) in [6.07, 6.45) is 6.41. The van der Waals surface area contributed by atoms with Crippen LogP contribution in [0.25, 0.3) is 5.65 Å². The van der Waals surface area contributed by atoms with Crippen molar-refractivity contribution in [3.8, 4) is 0 Å². The second kappa shape index (κ2) is 11.9. The molecule has 6 heterocycles. The van der Waals surface area contributed by atoms with E-state index in [-0.39, 0.29) is 12.2 Å². The quantitative estimate of drug-likeness (QED) is 0.354. The van der Waals surface area contributed by atoms with Crippen LogP contribution in [-0.2, 0) is 13.0 Å². The van der Waals surface area contributed by atoms with Crippen LogP contribution in [0, 0.1) is 5.41 Å². The SMILES string of the molecule is CNc1cc(N2CCc3c(CN4CC[C@@H](N5CCC6(CCNCC6)CC5)C(F)(F)C4)cccc32)nn2c(C(=O)N[C@@H]3C[C@@H]3F)cnc12. The van der Waals surface area contributed by atoms with E-state index >= 15 is 8.78 Å². The van der Waals surface area contributed by atoms with Crippen molar-refractivity contribution in [2.24, 2.45) is 5.41 Å². The number of nitrogens with one attached hydrogen (secondary N) is 3. The van der Waals surface area contributed by atoms with Crippen molar-refractivity contribution in [1.82, 2.24) is 35.0 Å². The second-order valence-electron chi connectivity index (χ2n) is 14.3. The lowest BCUT2D eigenvalue weighted by molar-refractivity contribution is -0.138. The number of aromatic nitrogens is 3. The Bertz CT molecular complexity index is 1650. The Morgan fingerprint density at radius 1 is 1.11 bits per heavy atom. The molecule has 1 saturated carbocycles. The molecule has 2 aromatic heterocycles.